The molecule has 1 aliphatic rings. The number of rotatable bonds is 6. The second-order valence-electron chi connectivity index (χ2n) is 6.29. The lowest BCUT2D eigenvalue weighted by atomic mass is 10.1. The van der Waals surface area contributed by atoms with E-state index in [1.807, 2.05) is 0 Å². The van der Waals surface area contributed by atoms with Crippen LogP contribution >= 0.6 is 0 Å². The highest BCUT2D eigenvalue weighted by atomic mass is 16.5. The van der Waals surface area contributed by atoms with Crippen LogP contribution in [-0.4, -0.2) is 37.0 Å². The summed E-state index contributed by atoms with van der Waals surface area (Å²) in [5.41, 5.74) is 0.811. The number of hydrogen-bond acceptors (Lipinski definition) is 6. The van der Waals surface area contributed by atoms with Gasteiger partial charge in [0.25, 0.3) is 11.8 Å². The third kappa shape index (κ3) is 4.79. The molecule has 0 unspecified atom stereocenters. The summed E-state index contributed by atoms with van der Waals surface area (Å²) in [5, 5.41) is 2.15. The van der Waals surface area contributed by atoms with Crippen molar-refractivity contribution in [1.82, 2.24) is 5.32 Å². The average molecular weight is 418 g/mol. The zero-order valence-electron chi connectivity index (χ0n) is 16.6. The molecule has 0 spiro atoms. The van der Waals surface area contributed by atoms with Gasteiger partial charge in [0.15, 0.2) is 0 Å². The molecular formula is C23H18N2O6. The van der Waals surface area contributed by atoms with Crippen LogP contribution in [-0.2, 0) is 14.3 Å². The first-order chi connectivity index (χ1) is 14.9. The Hall–Kier alpha value is -4.38. The van der Waals surface area contributed by atoms with Gasteiger partial charge in [0.2, 0.25) is 0 Å². The van der Waals surface area contributed by atoms with E-state index in [4.69, 9.17) is 15.9 Å². The number of ether oxygens (including phenoxy) is 2. The molecule has 8 heteroatoms. The second-order valence-corrected chi connectivity index (χ2v) is 6.29. The van der Waals surface area contributed by atoms with Crippen LogP contribution in [0.2, 0.25) is 0 Å². The van der Waals surface area contributed by atoms with Crippen molar-refractivity contribution in [3.8, 4) is 18.1 Å². The number of hydrogen-bond donors (Lipinski definition) is 1. The number of anilines is 1. The van der Waals surface area contributed by atoms with Gasteiger partial charge in [0.1, 0.15) is 17.9 Å². The Morgan fingerprint density at radius 1 is 1.10 bits per heavy atom. The first-order valence-corrected chi connectivity index (χ1v) is 9.29. The molecule has 1 fully saturated rings. The van der Waals surface area contributed by atoms with Crippen molar-refractivity contribution in [2.45, 2.75) is 6.92 Å². The summed E-state index contributed by atoms with van der Waals surface area (Å²) in [7, 11) is 0. The van der Waals surface area contributed by atoms with Crippen molar-refractivity contribution in [3.63, 3.8) is 0 Å². The monoisotopic (exact) mass is 418 g/mol. The van der Waals surface area contributed by atoms with Crippen LogP contribution in [0.4, 0.5) is 10.5 Å². The number of nitrogens with zero attached hydrogens (tertiary/aromatic N) is 1. The summed E-state index contributed by atoms with van der Waals surface area (Å²) in [6, 6.07) is 11.4. The second kappa shape index (κ2) is 9.41. The van der Waals surface area contributed by atoms with Crippen LogP contribution in [0.25, 0.3) is 6.08 Å². The van der Waals surface area contributed by atoms with Crippen molar-refractivity contribution in [3.05, 3.63) is 65.2 Å². The molecule has 31 heavy (non-hydrogen) atoms. The maximum absolute atomic E-state index is 12.9. The largest absolute Gasteiger partial charge is 0.481 e. The molecule has 156 valence electrons. The molecule has 0 bridgehead atoms. The summed E-state index contributed by atoms with van der Waals surface area (Å²) in [4.78, 5) is 50.1. The topological polar surface area (TPSA) is 102 Å². The summed E-state index contributed by atoms with van der Waals surface area (Å²) >= 11 is 0. The van der Waals surface area contributed by atoms with Crippen LogP contribution in [0.1, 0.15) is 22.8 Å². The van der Waals surface area contributed by atoms with Crippen molar-refractivity contribution in [2.24, 2.45) is 0 Å². The number of terminal acetylenes is 1. The number of carbonyl (C=O) groups is 4. The number of urea groups is 1. The average Bonchev–Trinajstić information content (AvgIpc) is 2.76. The van der Waals surface area contributed by atoms with Crippen LogP contribution in [0, 0.1) is 12.3 Å². The number of amides is 4. The lowest BCUT2D eigenvalue weighted by Gasteiger charge is -2.26. The lowest BCUT2D eigenvalue weighted by molar-refractivity contribution is -0.122. The van der Waals surface area contributed by atoms with Gasteiger partial charge in [-0.25, -0.2) is 14.5 Å². The Bertz CT molecular complexity index is 1090. The number of nitrogens with one attached hydrogen (secondary N) is 1. The van der Waals surface area contributed by atoms with E-state index in [0.717, 1.165) is 4.90 Å². The van der Waals surface area contributed by atoms with Crippen LogP contribution in [0.3, 0.4) is 0 Å². The molecule has 3 rings (SSSR count). The van der Waals surface area contributed by atoms with E-state index in [1.54, 1.807) is 31.2 Å². The SMILES string of the molecule is C#CCOc1ccc(/C=C2\C(=O)NC(=O)N(c3ccc(C(=O)OCC)cc3)C2=O)cc1. The number of imide groups is 2. The van der Waals surface area contributed by atoms with Gasteiger partial charge in [-0.15, -0.1) is 6.42 Å². The molecule has 1 heterocycles. The first-order valence-electron chi connectivity index (χ1n) is 9.29. The van der Waals surface area contributed by atoms with Gasteiger partial charge < -0.3 is 9.47 Å². The maximum Gasteiger partial charge on any atom is 0.338 e. The van der Waals surface area contributed by atoms with Gasteiger partial charge in [0.05, 0.1) is 17.9 Å². The van der Waals surface area contributed by atoms with Crippen molar-refractivity contribution >= 4 is 35.6 Å². The summed E-state index contributed by atoms with van der Waals surface area (Å²) < 4.78 is 10.2. The predicted molar refractivity (Wildman–Crippen MR) is 112 cm³/mol. The van der Waals surface area contributed by atoms with E-state index in [1.165, 1.54) is 30.3 Å². The van der Waals surface area contributed by atoms with Crippen LogP contribution < -0.4 is 15.0 Å². The van der Waals surface area contributed by atoms with E-state index in [9.17, 15) is 19.2 Å². The third-order valence-electron chi connectivity index (χ3n) is 4.25. The summed E-state index contributed by atoms with van der Waals surface area (Å²) in [5.74, 6) is 0.784. The van der Waals surface area contributed by atoms with E-state index >= 15 is 0 Å². The Kier molecular flexibility index (Phi) is 6.48. The van der Waals surface area contributed by atoms with Crippen molar-refractivity contribution in [1.29, 1.82) is 0 Å². The Balaban J connectivity index is 1.85. The minimum atomic E-state index is -0.880. The highest BCUT2D eigenvalue weighted by Crippen LogP contribution is 2.23. The van der Waals surface area contributed by atoms with E-state index in [2.05, 4.69) is 11.2 Å². The lowest BCUT2D eigenvalue weighted by Crippen LogP contribution is -2.54. The van der Waals surface area contributed by atoms with Crippen molar-refractivity contribution in [2.75, 3.05) is 18.1 Å². The summed E-state index contributed by atoms with van der Waals surface area (Å²) in [6.07, 6.45) is 6.52. The third-order valence-corrected chi connectivity index (χ3v) is 4.25. The normalized spacial score (nSPS) is 14.8. The van der Waals surface area contributed by atoms with Crippen molar-refractivity contribution < 1.29 is 28.7 Å². The molecule has 2 aromatic rings. The number of barbiturate groups is 1. The molecule has 1 saturated heterocycles. The molecule has 4 amide bonds. The molecular weight excluding hydrogens is 400 g/mol. The zero-order chi connectivity index (χ0) is 22.4. The van der Waals surface area contributed by atoms with Crippen LogP contribution in [0.5, 0.6) is 5.75 Å². The van der Waals surface area contributed by atoms with Gasteiger partial charge in [-0.3, -0.25) is 14.9 Å². The molecule has 0 saturated carbocycles. The van der Waals surface area contributed by atoms with Crippen LogP contribution in [0.15, 0.2) is 54.1 Å². The number of carbonyl (C=O) groups excluding carboxylic acids is 4. The fourth-order valence-electron chi connectivity index (χ4n) is 2.80. The fourth-order valence-corrected chi connectivity index (χ4v) is 2.80. The van der Waals surface area contributed by atoms with Gasteiger partial charge in [-0.05, 0) is 55.0 Å². The predicted octanol–water partition coefficient (Wildman–Crippen LogP) is 2.54. The molecule has 1 N–H and O–H groups in total. The number of esters is 1. The smallest absolute Gasteiger partial charge is 0.338 e. The Morgan fingerprint density at radius 3 is 2.39 bits per heavy atom. The van der Waals surface area contributed by atoms with Gasteiger partial charge in [-0.1, -0.05) is 18.1 Å². The minimum Gasteiger partial charge on any atom is -0.481 e. The standard InChI is InChI=1S/C23H18N2O6/c1-3-13-31-18-11-5-15(6-12-18)14-19-20(26)24-23(29)25(21(19)27)17-9-7-16(8-10-17)22(28)30-4-2/h1,5-12,14H,4,13H2,2H3,(H,24,26,29)/b19-14+. The zero-order valence-corrected chi connectivity index (χ0v) is 16.6. The van der Waals surface area contributed by atoms with E-state index in [0.29, 0.717) is 11.3 Å². The highest BCUT2D eigenvalue weighted by Gasteiger charge is 2.36. The molecule has 1 aliphatic heterocycles. The van der Waals surface area contributed by atoms with Gasteiger partial charge in [-0.2, -0.15) is 0 Å². The Morgan fingerprint density at radius 2 is 1.77 bits per heavy atom. The Labute approximate surface area is 178 Å². The minimum absolute atomic E-state index is 0.118. The summed E-state index contributed by atoms with van der Waals surface area (Å²) in [6.45, 7) is 2.03. The first kappa shape index (κ1) is 21.3. The van der Waals surface area contributed by atoms with Gasteiger partial charge in [0, 0.05) is 0 Å². The molecule has 0 radical (unpaired) electrons. The molecule has 0 aromatic heterocycles. The number of benzene rings is 2. The van der Waals surface area contributed by atoms with E-state index < -0.39 is 23.8 Å². The highest BCUT2D eigenvalue weighted by molar-refractivity contribution is 6.39. The molecule has 0 aliphatic carbocycles. The van der Waals surface area contributed by atoms with E-state index in [-0.39, 0.29) is 30.0 Å². The molecule has 0 atom stereocenters. The quantitative estimate of drug-likeness (QED) is 0.335. The fraction of sp³-hybridized carbons (Fsp3) is 0.130. The maximum atomic E-state index is 12.9. The van der Waals surface area contributed by atoms with Gasteiger partial charge >= 0.3 is 12.0 Å². The molecule has 8 nitrogen and oxygen atoms in total. The molecule has 2 aromatic carbocycles.